The van der Waals surface area contributed by atoms with Gasteiger partial charge in [0.1, 0.15) is 5.75 Å². The molecule has 2 rings (SSSR count). The van der Waals surface area contributed by atoms with Gasteiger partial charge in [-0.1, -0.05) is 11.6 Å². The third-order valence-corrected chi connectivity index (χ3v) is 3.87. The summed E-state index contributed by atoms with van der Waals surface area (Å²) in [5.41, 5.74) is 5.50. The predicted octanol–water partition coefficient (Wildman–Crippen LogP) is 2.37. The summed E-state index contributed by atoms with van der Waals surface area (Å²) in [5.74, 6) is 0.517. The first-order chi connectivity index (χ1) is 9.10. The summed E-state index contributed by atoms with van der Waals surface area (Å²) in [6.45, 7) is 0.256. The average Bonchev–Trinajstić information content (AvgIpc) is 2.39. The lowest BCUT2D eigenvalue weighted by atomic mass is 9.88. The summed E-state index contributed by atoms with van der Waals surface area (Å²) in [4.78, 5) is 11.1. The van der Waals surface area contributed by atoms with E-state index < -0.39 is 5.91 Å². The zero-order chi connectivity index (χ0) is 13.8. The quantitative estimate of drug-likeness (QED) is 0.891. The lowest BCUT2D eigenvalue weighted by Gasteiger charge is -2.28. The first-order valence-corrected chi connectivity index (χ1v) is 6.85. The molecule has 1 aromatic rings. The number of benzene rings is 1. The number of ether oxygens (including phenoxy) is 1. The topological polar surface area (TPSA) is 72.6 Å². The normalized spacial score (nSPS) is 23.1. The molecule has 1 saturated carbocycles. The molecule has 0 spiro atoms. The maximum absolute atomic E-state index is 11.1. The number of aliphatic hydroxyl groups excluding tert-OH is 1. The van der Waals surface area contributed by atoms with Crippen molar-refractivity contribution in [1.82, 2.24) is 0 Å². The summed E-state index contributed by atoms with van der Waals surface area (Å²) >= 11 is 5.97. The van der Waals surface area contributed by atoms with Crippen molar-refractivity contribution in [2.45, 2.75) is 31.8 Å². The molecule has 0 bridgehead atoms. The summed E-state index contributed by atoms with van der Waals surface area (Å²) in [5, 5.41) is 9.40. The highest BCUT2D eigenvalue weighted by Crippen LogP contribution is 2.29. The van der Waals surface area contributed by atoms with Gasteiger partial charge in [-0.2, -0.15) is 0 Å². The van der Waals surface area contributed by atoms with Crippen molar-refractivity contribution in [2.75, 3.05) is 6.61 Å². The van der Waals surface area contributed by atoms with Gasteiger partial charge in [-0.25, -0.2) is 0 Å². The van der Waals surface area contributed by atoms with Gasteiger partial charge in [-0.15, -0.1) is 0 Å². The Hall–Kier alpha value is -1.26. The number of primary amides is 1. The highest BCUT2D eigenvalue weighted by atomic mass is 35.5. The zero-order valence-corrected chi connectivity index (χ0v) is 11.4. The Kier molecular flexibility index (Phi) is 4.66. The van der Waals surface area contributed by atoms with Gasteiger partial charge in [0.25, 0.3) is 0 Å². The molecule has 0 aliphatic heterocycles. The van der Waals surface area contributed by atoms with Crippen LogP contribution in [0.25, 0.3) is 0 Å². The van der Waals surface area contributed by atoms with Crippen LogP contribution in [0, 0.1) is 5.92 Å². The van der Waals surface area contributed by atoms with Crippen LogP contribution in [0.4, 0.5) is 0 Å². The van der Waals surface area contributed by atoms with E-state index in [1.165, 1.54) is 0 Å². The molecule has 0 heterocycles. The van der Waals surface area contributed by atoms with Gasteiger partial charge in [-0.05, 0) is 49.8 Å². The largest absolute Gasteiger partial charge is 0.490 e. The van der Waals surface area contributed by atoms with Crippen LogP contribution in [-0.2, 0) is 0 Å². The van der Waals surface area contributed by atoms with Crippen molar-refractivity contribution in [1.29, 1.82) is 0 Å². The first kappa shape index (κ1) is 14.2. The van der Waals surface area contributed by atoms with Crippen molar-refractivity contribution < 1.29 is 14.6 Å². The van der Waals surface area contributed by atoms with Gasteiger partial charge in [0.2, 0.25) is 5.91 Å². The number of halogens is 1. The third-order valence-electron chi connectivity index (χ3n) is 3.56. The molecule has 4 nitrogen and oxygen atoms in total. The Bertz CT molecular complexity index is 456. The van der Waals surface area contributed by atoms with E-state index in [2.05, 4.69) is 0 Å². The molecule has 1 aliphatic carbocycles. The van der Waals surface area contributed by atoms with E-state index in [-0.39, 0.29) is 12.7 Å². The predicted molar refractivity (Wildman–Crippen MR) is 73.4 cm³/mol. The molecule has 19 heavy (non-hydrogen) atoms. The molecule has 0 aromatic heterocycles. The molecular weight excluding hydrogens is 266 g/mol. The minimum Gasteiger partial charge on any atom is -0.490 e. The van der Waals surface area contributed by atoms with Crippen LogP contribution in [0.3, 0.4) is 0 Å². The lowest BCUT2D eigenvalue weighted by Crippen LogP contribution is -2.25. The van der Waals surface area contributed by atoms with Gasteiger partial charge < -0.3 is 15.6 Å². The molecule has 3 N–H and O–H groups in total. The maximum atomic E-state index is 11.1. The average molecular weight is 284 g/mol. The van der Waals surface area contributed by atoms with E-state index in [4.69, 9.17) is 27.2 Å². The number of hydrogen-bond donors (Lipinski definition) is 2. The minimum atomic E-state index is -0.542. The lowest BCUT2D eigenvalue weighted by molar-refractivity contribution is 0.1000. The Balaban J connectivity index is 1.97. The Morgan fingerprint density at radius 2 is 2.05 bits per heavy atom. The fourth-order valence-corrected chi connectivity index (χ4v) is 2.66. The van der Waals surface area contributed by atoms with E-state index in [0.29, 0.717) is 22.3 Å². The molecule has 0 atom stereocenters. The van der Waals surface area contributed by atoms with Crippen LogP contribution < -0.4 is 10.5 Å². The van der Waals surface area contributed by atoms with Crippen molar-refractivity contribution >= 4 is 17.5 Å². The number of aliphatic hydroxyl groups is 1. The molecule has 1 fully saturated rings. The van der Waals surface area contributed by atoms with Crippen molar-refractivity contribution in [3.63, 3.8) is 0 Å². The maximum Gasteiger partial charge on any atom is 0.250 e. The summed E-state index contributed by atoms with van der Waals surface area (Å²) in [7, 11) is 0. The number of amides is 1. The van der Waals surface area contributed by atoms with Crippen LogP contribution in [-0.4, -0.2) is 23.7 Å². The Morgan fingerprint density at radius 1 is 1.37 bits per heavy atom. The Morgan fingerprint density at radius 3 is 2.58 bits per heavy atom. The molecule has 0 radical (unpaired) electrons. The molecule has 0 saturated heterocycles. The molecular formula is C14H18ClNO3. The van der Waals surface area contributed by atoms with E-state index in [0.717, 1.165) is 25.7 Å². The van der Waals surface area contributed by atoms with E-state index in [1.807, 2.05) is 0 Å². The van der Waals surface area contributed by atoms with Gasteiger partial charge in [0.15, 0.2) is 0 Å². The molecule has 104 valence electrons. The van der Waals surface area contributed by atoms with Crippen molar-refractivity contribution in [3.05, 3.63) is 28.8 Å². The molecule has 0 unspecified atom stereocenters. The van der Waals surface area contributed by atoms with E-state index in [1.54, 1.807) is 18.2 Å². The third kappa shape index (κ3) is 3.61. The monoisotopic (exact) mass is 283 g/mol. The summed E-state index contributed by atoms with van der Waals surface area (Å²) in [6.07, 6.45) is 3.97. The number of carbonyl (C=O) groups excluding carboxylic acids is 1. The first-order valence-electron chi connectivity index (χ1n) is 6.47. The van der Waals surface area contributed by atoms with Crippen molar-refractivity contribution in [3.8, 4) is 5.75 Å². The number of rotatable bonds is 4. The molecule has 5 heteroatoms. The highest BCUT2D eigenvalue weighted by Gasteiger charge is 2.22. The molecule has 1 aromatic carbocycles. The van der Waals surface area contributed by atoms with Crippen molar-refractivity contribution in [2.24, 2.45) is 11.7 Å². The van der Waals surface area contributed by atoms with Gasteiger partial charge in [0.05, 0.1) is 16.7 Å². The smallest absolute Gasteiger partial charge is 0.250 e. The summed E-state index contributed by atoms with van der Waals surface area (Å²) < 4.78 is 5.85. The number of carbonyl (C=O) groups is 1. The van der Waals surface area contributed by atoms with E-state index >= 15 is 0 Å². The van der Waals surface area contributed by atoms with Gasteiger partial charge in [-0.3, -0.25) is 4.79 Å². The number of hydrogen-bond acceptors (Lipinski definition) is 3. The van der Waals surface area contributed by atoms with Crippen LogP contribution in [0.5, 0.6) is 5.75 Å². The minimum absolute atomic E-state index is 0.151. The highest BCUT2D eigenvalue weighted by molar-refractivity contribution is 6.33. The Labute approximate surface area is 117 Å². The molecule has 1 amide bonds. The van der Waals surface area contributed by atoms with Crippen LogP contribution in [0.15, 0.2) is 18.2 Å². The second-order valence-electron chi connectivity index (χ2n) is 4.95. The second kappa shape index (κ2) is 6.26. The second-order valence-corrected chi connectivity index (χ2v) is 5.36. The van der Waals surface area contributed by atoms with Crippen LogP contribution in [0.2, 0.25) is 5.02 Å². The molecule has 1 aliphatic rings. The van der Waals surface area contributed by atoms with Crippen LogP contribution >= 0.6 is 11.6 Å². The number of nitrogens with two attached hydrogens (primary N) is 1. The fourth-order valence-electron chi connectivity index (χ4n) is 2.39. The zero-order valence-electron chi connectivity index (χ0n) is 10.6. The fraction of sp³-hybridized carbons (Fsp3) is 0.500. The van der Waals surface area contributed by atoms with Gasteiger partial charge >= 0.3 is 0 Å². The van der Waals surface area contributed by atoms with Crippen LogP contribution in [0.1, 0.15) is 36.0 Å². The van der Waals surface area contributed by atoms with E-state index in [9.17, 15) is 4.79 Å². The SMILES string of the molecule is NC(=O)c1ccc(OC2CCC(CO)CC2)cc1Cl. The van der Waals surface area contributed by atoms with Gasteiger partial charge in [0, 0.05) is 6.61 Å². The standard InChI is InChI=1S/C14H18ClNO3/c15-13-7-11(5-6-12(13)14(16)18)19-10-3-1-9(8-17)2-4-10/h5-7,9-10,17H,1-4,8H2,(H2,16,18). The summed E-state index contributed by atoms with van der Waals surface area (Å²) in [6, 6.07) is 4.92.